The maximum Gasteiger partial charge on any atom is 0.120 e. The van der Waals surface area contributed by atoms with Crippen molar-refractivity contribution >= 4 is 17.4 Å². The van der Waals surface area contributed by atoms with Gasteiger partial charge in [0.25, 0.3) is 0 Å². The number of likely N-dealkylation sites (N-methyl/N-ethyl adjacent to an activating group) is 1. The average molecular weight is 346 g/mol. The van der Waals surface area contributed by atoms with Crippen molar-refractivity contribution < 1.29 is 4.74 Å². The molecule has 0 spiro atoms. The quantitative estimate of drug-likeness (QED) is 0.811. The summed E-state index contributed by atoms with van der Waals surface area (Å²) in [6.45, 7) is 10.4. The van der Waals surface area contributed by atoms with Gasteiger partial charge < -0.3 is 19.5 Å². The summed E-state index contributed by atoms with van der Waals surface area (Å²) in [5, 5.41) is 0.306. The zero-order valence-electron chi connectivity index (χ0n) is 15.0. The molecule has 24 heavy (non-hydrogen) atoms. The zero-order chi connectivity index (χ0) is 17.1. The van der Waals surface area contributed by atoms with Crippen molar-refractivity contribution in [2.75, 3.05) is 38.2 Å². The molecule has 1 aromatic heterocycles. The number of benzene rings is 1. The number of aromatic nitrogens is 1. The zero-order valence-corrected chi connectivity index (χ0v) is 15.8. The number of aryl methyl sites for hydroxylation is 1. The minimum Gasteiger partial charge on any atom is -0.492 e. The lowest BCUT2D eigenvalue weighted by molar-refractivity contribution is 0.222. The molecule has 2 aromatic rings. The Morgan fingerprint density at radius 3 is 2.71 bits per heavy atom. The van der Waals surface area contributed by atoms with Gasteiger partial charge in [0.15, 0.2) is 0 Å². The van der Waals surface area contributed by atoms with Crippen LogP contribution in [0.4, 0.5) is 5.69 Å². The highest BCUT2D eigenvalue weighted by molar-refractivity contribution is 8.00. The summed E-state index contributed by atoms with van der Waals surface area (Å²) in [4.78, 5) is 9.38. The molecule has 1 atom stereocenters. The predicted octanol–water partition coefficient (Wildman–Crippen LogP) is 4.28. The third-order valence-corrected chi connectivity index (χ3v) is 6.07. The van der Waals surface area contributed by atoms with E-state index in [0.29, 0.717) is 5.37 Å². The van der Waals surface area contributed by atoms with Gasteiger partial charge in [-0.05, 0) is 49.8 Å². The fourth-order valence-corrected chi connectivity index (χ4v) is 4.51. The van der Waals surface area contributed by atoms with Crippen LogP contribution in [-0.2, 0) is 0 Å². The Morgan fingerprint density at radius 2 is 2.04 bits per heavy atom. The summed E-state index contributed by atoms with van der Waals surface area (Å²) < 4.78 is 5.97. The minimum atomic E-state index is 0.306. The van der Waals surface area contributed by atoms with E-state index in [1.165, 1.54) is 21.8 Å². The average Bonchev–Trinajstić information content (AvgIpc) is 3.15. The summed E-state index contributed by atoms with van der Waals surface area (Å²) in [6, 6.07) is 8.57. The van der Waals surface area contributed by atoms with Gasteiger partial charge in [0.2, 0.25) is 0 Å². The molecule has 4 nitrogen and oxygen atoms in total. The van der Waals surface area contributed by atoms with Crippen molar-refractivity contribution in [2.24, 2.45) is 0 Å². The molecule has 0 fully saturated rings. The van der Waals surface area contributed by atoms with Gasteiger partial charge in [0.05, 0.1) is 11.4 Å². The van der Waals surface area contributed by atoms with E-state index in [2.05, 4.69) is 66.9 Å². The summed E-state index contributed by atoms with van der Waals surface area (Å²) >= 11 is 1.88. The molecule has 1 unspecified atom stereocenters. The summed E-state index contributed by atoms with van der Waals surface area (Å²) in [5.74, 6) is 0.964. The topological polar surface area (TPSA) is 31.5 Å². The number of thioether (sulfide) groups is 1. The van der Waals surface area contributed by atoms with Crippen LogP contribution in [-0.4, -0.2) is 43.2 Å². The van der Waals surface area contributed by atoms with Crippen LogP contribution >= 0.6 is 11.8 Å². The summed E-state index contributed by atoms with van der Waals surface area (Å²) in [7, 11) is 2.16. The molecule has 3 rings (SSSR count). The van der Waals surface area contributed by atoms with Crippen LogP contribution in [0.25, 0.3) is 0 Å². The van der Waals surface area contributed by atoms with Gasteiger partial charge in [0, 0.05) is 24.7 Å². The van der Waals surface area contributed by atoms with E-state index < -0.39 is 0 Å². The first kappa shape index (κ1) is 17.2. The number of hydrogen-bond donors (Lipinski definition) is 1. The Hall–Kier alpha value is -1.59. The highest BCUT2D eigenvalue weighted by Gasteiger charge is 2.30. The van der Waals surface area contributed by atoms with E-state index in [1.54, 1.807) is 0 Å². The maximum atomic E-state index is 5.97. The van der Waals surface area contributed by atoms with Crippen molar-refractivity contribution in [3.05, 3.63) is 41.7 Å². The monoisotopic (exact) mass is 345 g/mol. The minimum absolute atomic E-state index is 0.306. The number of aromatic amines is 1. The first-order valence-corrected chi connectivity index (χ1v) is 9.54. The standard InChI is InChI=1S/C19H27N3OS/c1-5-22(6-2)11-12-23-15-7-8-16-17(13-15)24-19(21(16)4)18-14(3)9-10-20-18/h7-10,13,19-20H,5-6,11-12H2,1-4H3. The Morgan fingerprint density at radius 1 is 1.25 bits per heavy atom. The summed E-state index contributed by atoms with van der Waals surface area (Å²) in [5.41, 5.74) is 3.86. The number of nitrogens with zero attached hydrogens (tertiary/aromatic N) is 2. The van der Waals surface area contributed by atoms with Crippen LogP contribution in [0.2, 0.25) is 0 Å². The molecule has 1 aliphatic heterocycles. The van der Waals surface area contributed by atoms with Gasteiger partial charge in [-0.25, -0.2) is 0 Å². The SMILES string of the molecule is CCN(CC)CCOc1ccc2c(c1)SC(c1[nH]ccc1C)N2C. The van der Waals surface area contributed by atoms with Gasteiger partial charge in [0.1, 0.15) is 17.7 Å². The molecular formula is C19H27N3OS. The molecular weight excluding hydrogens is 318 g/mol. The van der Waals surface area contributed by atoms with Crippen LogP contribution < -0.4 is 9.64 Å². The number of nitrogens with one attached hydrogen (secondary N) is 1. The molecule has 2 heterocycles. The lowest BCUT2D eigenvalue weighted by Gasteiger charge is -2.21. The third kappa shape index (κ3) is 3.42. The Kier molecular flexibility index (Phi) is 5.41. The van der Waals surface area contributed by atoms with E-state index in [0.717, 1.165) is 32.0 Å². The molecule has 0 radical (unpaired) electrons. The van der Waals surface area contributed by atoms with Gasteiger partial charge in [-0.3, -0.25) is 0 Å². The Balaban J connectivity index is 1.67. The molecule has 1 aliphatic rings. The van der Waals surface area contributed by atoms with Crippen molar-refractivity contribution in [1.82, 2.24) is 9.88 Å². The molecule has 0 saturated heterocycles. The van der Waals surface area contributed by atoms with Crippen LogP contribution in [0.3, 0.4) is 0 Å². The number of rotatable bonds is 7. The second-order valence-corrected chi connectivity index (χ2v) is 7.28. The van der Waals surface area contributed by atoms with E-state index in [4.69, 9.17) is 4.74 Å². The van der Waals surface area contributed by atoms with Crippen molar-refractivity contribution in [1.29, 1.82) is 0 Å². The Labute approximate surface area is 149 Å². The molecule has 130 valence electrons. The fourth-order valence-electron chi connectivity index (χ4n) is 3.11. The van der Waals surface area contributed by atoms with E-state index in [1.807, 2.05) is 18.0 Å². The van der Waals surface area contributed by atoms with Crippen molar-refractivity contribution in [3.8, 4) is 5.75 Å². The highest BCUT2D eigenvalue weighted by atomic mass is 32.2. The maximum absolute atomic E-state index is 5.97. The lowest BCUT2D eigenvalue weighted by atomic mass is 10.2. The van der Waals surface area contributed by atoms with Crippen LogP contribution in [0.15, 0.2) is 35.4 Å². The van der Waals surface area contributed by atoms with E-state index >= 15 is 0 Å². The predicted molar refractivity (Wildman–Crippen MR) is 102 cm³/mol. The third-order valence-electron chi connectivity index (χ3n) is 4.72. The second-order valence-electron chi connectivity index (χ2n) is 6.16. The first-order chi connectivity index (χ1) is 11.6. The van der Waals surface area contributed by atoms with E-state index in [9.17, 15) is 0 Å². The van der Waals surface area contributed by atoms with Gasteiger partial charge in [-0.2, -0.15) is 0 Å². The van der Waals surface area contributed by atoms with Gasteiger partial charge in [-0.15, -0.1) is 0 Å². The second kappa shape index (κ2) is 7.53. The smallest absolute Gasteiger partial charge is 0.120 e. The molecule has 1 N–H and O–H groups in total. The molecule has 0 bridgehead atoms. The number of ether oxygens (including phenoxy) is 1. The molecule has 0 amide bonds. The lowest BCUT2D eigenvalue weighted by Crippen LogP contribution is -2.27. The normalized spacial score (nSPS) is 16.7. The number of fused-ring (bicyclic) bond motifs is 1. The number of H-pyrrole nitrogens is 1. The molecule has 5 heteroatoms. The summed E-state index contributed by atoms with van der Waals surface area (Å²) in [6.07, 6.45) is 2.02. The Bertz CT molecular complexity index is 681. The number of hydrogen-bond acceptors (Lipinski definition) is 4. The van der Waals surface area contributed by atoms with Crippen LogP contribution in [0.1, 0.15) is 30.5 Å². The largest absolute Gasteiger partial charge is 0.492 e. The van der Waals surface area contributed by atoms with Crippen LogP contribution in [0, 0.1) is 6.92 Å². The fraction of sp³-hybridized carbons (Fsp3) is 0.474. The van der Waals surface area contributed by atoms with Gasteiger partial charge in [-0.1, -0.05) is 25.6 Å². The molecule has 0 aliphatic carbocycles. The van der Waals surface area contributed by atoms with Crippen molar-refractivity contribution in [3.63, 3.8) is 0 Å². The first-order valence-electron chi connectivity index (χ1n) is 8.66. The molecule has 1 aromatic carbocycles. The van der Waals surface area contributed by atoms with E-state index in [-0.39, 0.29) is 0 Å². The van der Waals surface area contributed by atoms with Crippen molar-refractivity contribution in [2.45, 2.75) is 31.0 Å². The number of anilines is 1. The van der Waals surface area contributed by atoms with Gasteiger partial charge >= 0.3 is 0 Å². The molecule has 0 saturated carbocycles. The van der Waals surface area contributed by atoms with Crippen LogP contribution in [0.5, 0.6) is 5.75 Å². The highest BCUT2D eigenvalue weighted by Crippen LogP contribution is 2.51.